The van der Waals surface area contributed by atoms with Crippen LogP contribution in [0.3, 0.4) is 0 Å². The highest BCUT2D eigenvalue weighted by Crippen LogP contribution is 2.14. The number of hydrogen-bond acceptors (Lipinski definition) is 0. The monoisotopic (exact) mass is 195 g/mol. The molecule has 0 aliphatic rings. The standard InChI is InChI=1S/C15H15/c1-12-8-9-15(13(2)10-12)11-14-6-4-3-5-7-14/h3-6,8-10H,11H2,1-2H3. The lowest BCUT2D eigenvalue weighted by atomic mass is 9.99. The lowest BCUT2D eigenvalue weighted by Crippen LogP contribution is -1.92. The predicted octanol–water partition coefficient (Wildman–Crippen LogP) is 3.69. The summed E-state index contributed by atoms with van der Waals surface area (Å²) in [6, 6.07) is 18.0. The summed E-state index contributed by atoms with van der Waals surface area (Å²) < 4.78 is 0. The van der Waals surface area contributed by atoms with E-state index in [-0.39, 0.29) is 0 Å². The van der Waals surface area contributed by atoms with Gasteiger partial charge in [-0.15, -0.1) is 0 Å². The second-order valence-corrected chi connectivity index (χ2v) is 3.99. The van der Waals surface area contributed by atoms with E-state index in [0.29, 0.717) is 0 Å². The van der Waals surface area contributed by atoms with Gasteiger partial charge in [-0.2, -0.15) is 0 Å². The minimum atomic E-state index is 0.979. The summed E-state index contributed by atoms with van der Waals surface area (Å²) in [5.74, 6) is 0. The van der Waals surface area contributed by atoms with Crippen molar-refractivity contribution < 1.29 is 0 Å². The quantitative estimate of drug-likeness (QED) is 0.685. The molecule has 0 unspecified atom stereocenters. The molecule has 0 bridgehead atoms. The van der Waals surface area contributed by atoms with Crippen molar-refractivity contribution in [2.75, 3.05) is 0 Å². The number of rotatable bonds is 2. The van der Waals surface area contributed by atoms with Crippen molar-refractivity contribution in [2.45, 2.75) is 20.3 Å². The van der Waals surface area contributed by atoms with Crippen LogP contribution in [0.2, 0.25) is 0 Å². The van der Waals surface area contributed by atoms with Gasteiger partial charge in [0.2, 0.25) is 0 Å². The molecule has 0 atom stereocenters. The van der Waals surface area contributed by atoms with Crippen LogP contribution < -0.4 is 0 Å². The molecule has 0 aliphatic heterocycles. The highest BCUT2D eigenvalue weighted by atomic mass is 14.0. The second-order valence-electron chi connectivity index (χ2n) is 3.99. The third-order valence-electron chi connectivity index (χ3n) is 2.65. The van der Waals surface area contributed by atoms with E-state index in [2.05, 4.69) is 50.2 Å². The van der Waals surface area contributed by atoms with E-state index in [9.17, 15) is 0 Å². The molecule has 2 aromatic carbocycles. The predicted molar refractivity (Wildman–Crippen MR) is 64.0 cm³/mol. The van der Waals surface area contributed by atoms with Crippen molar-refractivity contribution in [1.29, 1.82) is 0 Å². The molecule has 0 saturated heterocycles. The van der Waals surface area contributed by atoms with Gasteiger partial charge < -0.3 is 0 Å². The Bertz CT molecular complexity index is 441. The van der Waals surface area contributed by atoms with Gasteiger partial charge >= 0.3 is 0 Å². The molecule has 0 nitrogen and oxygen atoms in total. The van der Waals surface area contributed by atoms with E-state index in [1.165, 1.54) is 22.3 Å². The summed E-state index contributed by atoms with van der Waals surface area (Å²) in [4.78, 5) is 0. The fraction of sp³-hybridized carbons (Fsp3) is 0.200. The van der Waals surface area contributed by atoms with E-state index in [4.69, 9.17) is 0 Å². The third-order valence-corrected chi connectivity index (χ3v) is 2.65. The molecule has 0 fully saturated rings. The van der Waals surface area contributed by atoms with Gasteiger partial charge in [0.1, 0.15) is 0 Å². The largest absolute Gasteiger partial charge is 0.0619 e. The fourth-order valence-corrected chi connectivity index (χ4v) is 1.79. The van der Waals surface area contributed by atoms with Crippen LogP contribution >= 0.6 is 0 Å². The van der Waals surface area contributed by atoms with Crippen molar-refractivity contribution in [1.82, 2.24) is 0 Å². The third kappa shape index (κ3) is 2.47. The summed E-state index contributed by atoms with van der Waals surface area (Å²) in [5.41, 5.74) is 5.34. The zero-order chi connectivity index (χ0) is 10.7. The normalized spacial score (nSPS) is 10.3. The Morgan fingerprint density at radius 2 is 1.93 bits per heavy atom. The van der Waals surface area contributed by atoms with Gasteiger partial charge in [-0.1, -0.05) is 48.0 Å². The molecule has 0 spiro atoms. The first-order valence-electron chi connectivity index (χ1n) is 5.27. The first-order chi connectivity index (χ1) is 7.25. The van der Waals surface area contributed by atoms with Crippen LogP contribution in [0, 0.1) is 19.9 Å². The summed E-state index contributed by atoms with van der Waals surface area (Å²) in [6.45, 7) is 4.30. The molecule has 1 radical (unpaired) electrons. The van der Waals surface area contributed by atoms with Crippen LogP contribution in [0.25, 0.3) is 0 Å². The molecule has 0 aliphatic carbocycles. The fourth-order valence-electron chi connectivity index (χ4n) is 1.79. The first kappa shape index (κ1) is 9.97. The van der Waals surface area contributed by atoms with Gasteiger partial charge in [-0.05, 0) is 43.0 Å². The highest BCUT2D eigenvalue weighted by Gasteiger charge is 1.99. The van der Waals surface area contributed by atoms with Crippen molar-refractivity contribution in [3.63, 3.8) is 0 Å². The Kier molecular flexibility index (Phi) is 2.86. The van der Waals surface area contributed by atoms with Crippen LogP contribution in [0.15, 0.2) is 42.5 Å². The van der Waals surface area contributed by atoms with E-state index < -0.39 is 0 Å². The molecule has 75 valence electrons. The maximum Gasteiger partial charge on any atom is -0.00170 e. The van der Waals surface area contributed by atoms with Crippen LogP contribution in [0.1, 0.15) is 22.3 Å². The number of hydrogen-bond donors (Lipinski definition) is 0. The average Bonchev–Trinajstić information content (AvgIpc) is 2.24. The van der Waals surface area contributed by atoms with Gasteiger partial charge in [-0.25, -0.2) is 0 Å². The minimum absolute atomic E-state index is 0.979. The lowest BCUT2D eigenvalue weighted by molar-refractivity contribution is 1.14. The Balaban J connectivity index is 2.25. The molecule has 0 heterocycles. The van der Waals surface area contributed by atoms with Gasteiger partial charge in [0.15, 0.2) is 0 Å². The average molecular weight is 195 g/mol. The molecule has 0 N–H and O–H groups in total. The lowest BCUT2D eigenvalue weighted by Gasteiger charge is -2.06. The molecule has 0 aromatic heterocycles. The van der Waals surface area contributed by atoms with Crippen LogP contribution in [0.4, 0.5) is 0 Å². The molecular formula is C15H15. The topological polar surface area (TPSA) is 0 Å². The molecule has 2 aromatic rings. The summed E-state index contributed by atoms with van der Waals surface area (Å²) >= 11 is 0. The van der Waals surface area contributed by atoms with E-state index >= 15 is 0 Å². The van der Waals surface area contributed by atoms with Gasteiger partial charge in [0, 0.05) is 0 Å². The second kappa shape index (κ2) is 4.31. The van der Waals surface area contributed by atoms with Crippen molar-refractivity contribution in [2.24, 2.45) is 0 Å². The maximum atomic E-state index is 3.26. The molecule has 15 heavy (non-hydrogen) atoms. The molecule has 0 saturated carbocycles. The molecule has 0 heteroatoms. The van der Waals surface area contributed by atoms with Crippen molar-refractivity contribution in [3.8, 4) is 0 Å². The summed E-state index contributed by atoms with van der Waals surface area (Å²) in [7, 11) is 0. The smallest absolute Gasteiger partial charge is 0.00170 e. The zero-order valence-electron chi connectivity index (χ0n) is 9.25. The Morgan fingerprint density at radius 3 is 2.60 bits per heavy atom. The Labute approximate surface area is 91.6 Å². The van der Waals surface area contributed by atoms with E-state index in [1.807, 2.05) is 12.1 Å². The first-order valence-corrected chi connectivity index (χ1v) is 5.27. The van der Waals surface area contributed by atoms with Crippen molar-refractivity contribution in [3.05, 3.63) is 70.8 Å². The molecule has 0 amide bonds. The maximum absolute atomic E-state index is 3.26. The van der Waals surface area contributed by atoms with Gasteiger partial charge in [-0.3, -0.25) is 0 Å². The van der Waals surface area contributed by atoms with Gasteiger partial charge in [0.25, 0.3) is 0 Å². The highest BCUT2D eigenvalue weighted by molar-refractivity contribution is 5.34. The van der Waals surface area contributed by atoms with E-state index in [1.54, 1.807) is 0 Å². The summed E-state index contributed by atoms with van der Waals surface area (Å²) in [6.07, 6.45) is 0.979. The SMILES string of the molecule is Cc1ccc(Cc2[c]cccc2)c(C)c1. The molecule has 2 rings (SSSR count). The van der Waals surface area contributed by atoms with Crippen LogP contribution in [-0.2, 0) is 6.42 Å². The zero-order valence-corrected chi connectivity index (χ0v) is 9.25. The number of aryl methyl sites for hydroxylation is 2. The van der Waals surface area contributed by atoms with Gasteiger partial charge in [0.05, 0.1) is 0 Å². The van der Waals surface area contributed by atoms with E-state index in [0.717, 1.165) is 6.42 Å². The van der Waals surface area contributed by atoms with Crippen LogP contribution in [-0.4, -0.2) is 0 Å². The Morgan fingerprint density at radius 1 is 1.07 bits per heavy atom. The van der Waals surface area contributed by atoms with Crippen LogP contribution in [0.5, 0.6) is 0 Å². The molecular weight excluding hydrogens is 180 g/mol. The number of benzene rings is 2. The minimum Gasteiger partial charge on any atom is -0.0619 e. The summed E-state index contributed by atoms with van der Waals surface area (Å²) in [5, 5.41) is 0. The Hall–Kier alpha value is -1.56. The van der Waals surface area contributed by atoms with Crippen molar-refractivity contribution >= 4 is 0 Å².